The minimum Gasteiger partial charge on any atom is -0.484 e. The summed E-state index contributed by atoms with van der Waals surface area (Å²) in [5, 5.41) is 2.83. The summed E-state index contributed by atoms with van der Waals surface area (Å²) in [6.07, 6.45) is 5.32. The van der Waals surface area contributed by atoms with Gasteiger partial charge in [-0.2, -0.15) is 0 Å². The van der Waals surface area contributed by atoms with Crippen LogP contribution >= 0.6 is 0 Å². The molecular formula is C25H29N5O3. The number of hydrogen-bond acceptors (Lipinski definition) is 5. The van der Waals surface area contributed by atoms with E-state index in [1.54, 1.807) is 32.2 Å². The number of rotatable bonds is 7. The molecule has 0 radical (unpaired) electrons. The molecule has 1 aromatic carbocycles. The molecule has 1 fully saturated rings. The van der Waals surface area contributed by atoms with Gasteiger partial charge in [0.15, 0.2) is 6.61 Å². The Labute approximate surface area is 193 Å². The summed E-state index contributed by atoms with van der Waals surface area (Å²) >= 11 is 0. The van der Waals surface area contributed by atoms with Crippen LogP contribution in [0.5, 0.6) is 5.75 Å². The molecule has 0 saturated carbocycles. The number of carbonyl (C=O) groups is 2. The van der Waals surface area contributed by atoms with Crippen LogP contribution in [0.4, 0.5) is 0 Å². The highest BCUT2D eigenvalue weighted by Crippen LogP contribution is 2.33. The summed E-state index contributed by atoms with van der Waals surface area (Å²) in [4.78, 5) is 36.8. The normalized spacial score (nSPS) is 16.0. The van der Waals surface area contributed by atoms with Crippen molar-refractivity contribution in [3.05, 3.63) is 72.4 Å². The van der Waals surface area contributed by atoms with Crippen molar-refractivity contribution in [3.8, 4) is 11.6 Å². The van der Waals surface area contributed by atoms with Crippen molar-refractivity contribution in [2.75, 3.05) is 13.2 Å². The smallest absolute Gasteiger partial charge is 0.258 e. The number of aryl methyl sites for hydroxylation is 1. The molecule has 1 unspecified atom stereocenters. The highest BCUT2D eigenvalue weighted by molar-refractivity contribution is 5.91. The summed E-state index contributed by atoms with van der Waals surface area (Å²) in [7, 11) is 0. The first kappa shape index (κ1) is 22.5. The minimum atomic E-state index is -1.07. The Morgan fingerprint density at radius 1 is 1.15 bits per heavy atom. The largest absolute Gasteiger partial charge is 0.484 e. The molecule has 3 aromatic rings. The Kier molecular flexibility index (Phi) is 6.44. The van der Waals surface area contributed by atoms with E-state index < -0.39 is 5.54 Å². The van der Waals surface area contributed by atoms with E-state index in [1.807, 2.05) is 59.0 Å². The van der Waals surface area contributed by atoms with Gasteiger partial charge in [0.05, 0.1) is 11.7 Å². The van der Waals surface area contributed by atoms with E-state index in [-0.39, 0.29) is 24.5 Å². The van der Waals surface area contributed by atoms with Crippen molar-refractivity contribution < 1.29 is 14.3 Å². The molecule has 4 rings (SSSR count). The van der Waals surface area contributed by atoms with Gasteiger partial charge in [0.2, 0.25) is 5.91 Å². The fourth-order valence-corrected chi connectivity index (χ4v) is 4.16. The molecule has 0 spiro atoms. The number of carbonyl (C=O) groups excluding carboxylic acids is 2. The van der Waals surface area contributed by atoms with Gasteiger partial charge in [0.1, 0.15) is 22.9 Å². The molecule has 0 aliphatic carbocycles. The van der Waals surface area contributed by atoms with Gasteiger partial charge in [0.25, 0.3) is 5.91 Å². The first-order chi connectivity index (χ1) is 15.8. The standard InChI is InChI=1S/C25H29N5O3/c1-18-26-14-16-29(18)22-13-7-11-20(27-22)21-12-8-15-30(21)24(32)25(2,3)28-23(31)17-33-19-9-5-4-6-10-19/h4-7,9-11,13-14,16,21H,8,12,15,17H2,1-3H3,(H,28,31). The predicted octanol–water partition coefficient (Wildman–Crippen LogP) is 3.21. The number of amides is 2. The lowest BCUT2D eigenvalue weighted by Crippen LogP contribution is -2.56. The molecule has 2 aromatic heterocycles. The maximum absolute atomic E-state index is 13.5. The second-order valence-corrected chi connectivity index (χ2v) is 8.70. The molecule has 8 heteroatoms. The van der Waals surface area contributed by atoms with E-state index in [0.29, 0.717) is 12.3 Å². The van der Waals surface area contributed by atoms with Crippen LogP contribution in [0.1, 0.15) is 44.2 Å². The van der Waals surface area contributed by atoms with E-state index in [0.717, 1.165) is 30.2 Å². The number of pyridine rings is 1. The van der Waals surface area contributed by atoms with Gasteiger partial charge >= 0.3 is 0 Å². The molecular weight excluding hydrogens is 418 g/mol. The summed E-state index contributed by atoms with van der Waals surface area (Å²) in [6, 6.07) is 14.8. The number of para-hydroxylation sites is 1. The van der Waals surface area contributed by atoms with Gasteiger partial charge in [-0.25, -0.2) is 9.97 Å². The Morgan fingerprint density at radius 2 is 1.94 bits per heavy atom. The zero-order chi connectivity index (χ0) is 23.4. The van der Waals surface area contributed by atoms with Crippen LogP contribution < -0.4 is 10.1 Å². The van der Waals surface area contributed by atoms with Gasteiger partial charge in [-0.1, -0.05) is 24.3 Å². The van der Waals surface area contributed by atoms with Crippen molar-refractivity contribution in [2.45, 2.75) is 45.2 Å². The number of likely N-dealkylation sites (tertiary alicyclic amines) is 1. The van der Waals surface area contributed by atoms with Gasteiger partial charge in [-0.15, -0.1) is 0 Å². The van der Waals surface area contributed by atoms with E-state index in [9.17, 15) is 9.59 Å². The van der Waals surface area contributed by atoms with Crippen molar-refractivity contribution in [2.24, 2.45) is 0 Å². The average Bonchev–Trinajstić information content (AvgIpc) is 3.47. The first-order valence-electron chi connectivity index (χ1n) is 11.1. The molecule has 1 atom stereocenters. The molecule has 1 aliphatic heterocycles. The highest BCUT2D eigenvalue weighted by Gasteiger charge is 2.39. The molecule has 1 N–H and O–H groups in total. The molecule has 3 heterocycles. The van der Waals surface area contributed by atoms with E-state index in [1.165, 1.54) is 0 Å². The van der Waals surface area contributed by atoms with Gasteiger partial charge in [-0.05, 0) is 57.9 Å². The fourth-order valence-electron chi connectivity index (χ4n) is 4.16. The topological polar surface area (TPSA) is 89.4 Å². The molecule has 172 valence electrons. The zero-order valence-electron chi connectivity index (χ0n) is 19.2. The number of ether oxygens (including phenoxy) is 1. The van der Waals surface area contributed by atoms with Crippen molar-refractivity contribution in [1.29, 1.82) is 0 Å². The monoisotopic (exact) mass is 447 g/mol. The Balaban J connectivity index is 1.44. The SMILES string of the molecule is Cc1nccn1-c1cccc(C2CCCN2C(=O)C(C)(C)NC(=O)COc2ccccc2)n1. The van der Waals surface area contributed by atoms with Crippen LogP contribution in [0, 0.1) is 6.92 Å². The highest BCUT2D eigenvalue weighted by atomic mass is 16.5. The van der Waals surface area contributed by atoms with E-state index in [2.05, 4.69) is 10.3 Å². The molecule has 2 amide bonds. The predicted molar refractivity (Wildman–Crippen MR) is 124 cm³/mol. The maximum atomic E-state index is 13.5. The number of nitrogens with zero attached hydrogens (tertiary/aromatic N) is 4. The summed E-state index contributed by atoms with van der Waals surface area (Å²) in [5.74, 6) is 1.75. The number of hydrogen-bond donors (Lipinski definition) is 1. The Hall–Kier alpha value is -3.68. The van der Waals surface area contributed by atoms with Crippen LogP contribution in [-0.4, -0.2) is 49.9 Å². The first-order valence-corrected chi connectivity index (χ1v) is 11.1. The van der Waals surface area contributed by atoms with Crippen LogP contribution in [0.25, 0.3) is 5.82 Å². The third kappa shape index (κ3) is 5.05. The fraction of sp³-hybridized carbons (Fsp3) is 0.360. The van der Waals surface area contributed by atoms with Crippen LogP contribution in [-0.2, 0) is 9.59 Å². The molecule has 1 aliphatic rings. The number of aromatic nitrogens is 3. The summed E-state index contributed by atoms with van der Waals surface area (Å²) in [5.41, 5.74) is -0.237. The summed E-state index contributed by atoms with van der Waals surface area (Å²) < 4.78 is 7.43. The van der Waals surface area contributed by atoms with Gasteiger partial charge < -0.3 is 15.0 Å². The second kappa shape index (κ2) is 9.44. The number of nitrogens with one attached hydrogen (secondary N) is 1. The van der Waals surface area contributed by atoms with E-state index >= 15 is 0 Å². The second-order valence-electron chi connectivity index (χ2n) is 8.70. The van der Waals surface area contributed by atoms with Crippen molar-refractivity contribution >= 4 is 11.8 Å². The molecule has 0 bridgehead atoms. The Morgan fingerprint density at radius 3 is 2.67 bits per heavy atom. The van der Waals surface area contributed by atoms with Crippen molar-refractivity contribution in [1.82, 2.24) is 24.8 Å². The van der Waals surface area contributed by atoms with Crippen LogP contribution in [0.3, 0.4) is 0 Å². The quantitative estimate of drug-likeness (QED) is 0.601. The number of imidazole rings is 1. The van der Waals surface area contributed by atoms with Gasteiger partial charge in [0, 0.05) is 18.9 Å². The third-order valence-electron chi connectivity index (χ3n) is 5.78. The minimum absolute atomic E-state index is 0.135. The van der Waals surface area contributed by atoms with Crippen LogP contribution in [0.15, 0.2) is 60.9 Å². The van der Waals surface area contributed by atoms with Crippen LogP contribution in [0.2, 0.25) is 0 Å². The maximum Gasteiger partial charge on any atom is 0.258 e. The molecule has 1 saturated heterocycles. The van der Waals surface area contributed by atoms with Crippen molar-refractivity contribution in [3.63, 3.8) is 0 Å². The lowest BCUT2D eigenvalue weighted by atomic mass is 10.0. The average molecular weight is 448 g/mol. The number of benzene rings is 1. The zero-order valence-corrected chi connectivity index (χ0v) is 19.2. The Bertz CT molecular complexity index is 1130. The molecule has 33 heavy (non-hydrogen) atoms. The third-order valence-corrected chi connectivity index (χ3v) is 5.78. The lowest BCUT2D eigenvalue weighted by molar-refractivity contribution is -0.141. The summed E-state index contributed by atoms with van der Waals surface area (Å²) in [6.45, 7) is 5.84. The van der Waals surface area contributed by atoms with E-state index in [4.69, 9.17) is 9.72 Å². The van der Waals surface area contributed by atoms with Gasteiger partial charge in [-0.3, -0.25) is 14.2 Å². The molecule has 8 nitrogen and oxygen atoms in total. The lowest BCUT2D eigenvalue weighted by Gasteiger charge is -2.33.